The minimum Gasteiger partial charge on any atom is -0.504 e. The third-order valence-electron chi connectivity index (χ3n) is 4.61. The molecular formula is C21H16Br4O2. The van der Waals surface area contributed by atoms with Crippen molar-refractivity contribution in [3.63, 3.8) is 0 Å². The molecule has 0 aliphatic rings. The van der Waals surface area contributed by atoms with Gasteiger partial charge in [-0.2, -0.15) is 0 Å². The summed E-state index contributed by atoms with van der Waals surface area (Å²) in [6.45, 7) is 0. The lowest BCUT2D eigenvalue weighted by Crippen LogP contribution is -2.48. The molecule has 2 N–H and O–H groups in total. The molecule has 27 heavy (non-hydrogen) atoms. The molecule has 0 heterocycles. The molecule has 140 valence electrons. The van der Waals surface area contributed by atoms with Gasteiger partial charge in [-0.15, -0.1) is 0 Å². The zero-order valence-electron chi connectivity index (χ0n) is 14.0. The molecule has 0 saturated carbocycles. The number of halogens is 4. The van der Waals surface area contributed by atoms with Gasteiger partial charge in [-0.1, -0.05) is 137 Å². The van der Waals surface area contributed by atoms with Crippen molar-refractivity contribution in [2.45, 2.75) is 12.4 Å². The molecule has 0 fully saturated rings. The van der Waals surface area contributed by atoms with Crippen LogP contribution in [0.2, 0.25) is 0 Å². The van der Waals surface area contributed by atoms with E-state index < -0.39 is 8.65 Å². The van der Waals surface area contributed by atoms with Crippen molar-refractivity contribution in [2.75, 3.05) is 0 Å². The van der Waals surface area contributed by atoms with Crippen LogP contribution in [0.25, 0.3) is 0 Å². The number of alkyl halides is 4. The molecule has 0 aromatic heterocycles. The number of hydrogen-bond acceptors (Lipinski definition) is 2. The SMILES string of the molecule is Oc1cccc(C(c2ccccc2)(c2ccccc2)C(Br)(Br)C(Br)Br)c1O. The molecule has 0 spiro atoms. The summed E-state index contributed by atoms with van der Waals surface area (Å²) in [5.74, 6) is -0.325. The molecule has 0 unspecified atom stereocenters. The van der Waals surface area contributed by atoms with Crippen LogP contribution in [0.4, 0.5) is 0 Å². The molecule has 0 atom stereocenters. The fraction of sp³-hybridized carbons (Fsp3) is 0.143. The molecule has 0 saturated heterocycles. The van der Waals surface area contributed by atoms with Gasteiger partial charge in [0, 0.05) is 5.56 Å². The van der Waals surface area contributed by atoms with Crippen LogP contribution in [0.5, 0.6) is 11.5 Å². The standard InChI is InChI=1S/C21H16Br4O2/c22-19(23)21(24,25)20(14-8-3-1-4-9-14,15-10-5-2-6-11-15)16-12-7-13-17(26)18(16)27/h1-13,19,26-27H. The van der Waals surface area contributed by atoms with Gasteiger partial charge in [-0.3, -0.25) is 0 Å². The second-order valence-corrected chi connectivity index (χ2v) is 12.7. The first-order chi connectivity index (χ1) is 12.8. The van der Waals surface area contributed by atoms with Crippen LogP contribution in [0, 0.1) is 0 Å². The fourth-order valence-corrected chi connectivity index (χ4v) is 5.45. The van der Waals surface area contributed by atoms with Gasteiger partial charge in [0.2, 0.25) is 0 Å². The smallest absolute Gasteiger partial charge is 0.162 e. The first-order valence-electron chi connectivity index (χ1n) is 8.12. The van der Waals surface area contributed by atoms with Crippen molar-refractivity contribution >= 4 is 63.7 Å². The van der Waals surface area contributed by atoms with Crippen molar-refractivity contribution in [3.8, 4) is 11.5 Å². The number of benzene rings is 3. The van der Waals surface area contributed by atoms with Crippen LogP contribution in [0.15, 0.2) is 78.9 Å². The number of phenolic OH excluding ortho intramolecular Hbond substituents is 2. The Morgan fingerprint density at radius 2 is 1.15 bits per heavy atom. The van der Waals surface area contributed by atoms with E-state index in [2.05, 4.69) is 63.7 Å². The highest BCUT2D eigenvalue weighted by Crippen LogP contribution is 2.61. The molecule has 3 rings (SSSR count). The number of rotatable bonds is 5. The van der Waals surface area contributed by atoms with Gasteiger partial charge in [0.25, 0.3) is 0 Å². The molecule has 3 aromatic rings. The van der Waals surface area contributed by atoms with E-state index >= 15 is 0 Å². The lowest BCUT2D eigenvalue weighted by molar-refractivity contribution is 0.390. The summed E-state index contributed by atoms with van der Waals surface area (Å²) in [6.07, 6.45) is 0. The minimum atomic E-state index is -0.893. The third-order valence-corrected chi connectivity index (χ3v) is 10.5. The van der Waals surface area contributed by atoms with Crippen LogP contribution < -0.4 is 0 Å². The maximum absolute atomic E-state index is 10.9. The van der Waals surface area contributed by atoms with E-state index in [0.717, 1.165) is 11.1 Å². The predicted molar refractivity (Wildman–Crippen MR) is 125 cm³/mol. The highest BCUT2D eigenvalue weighted by Gasteiger charge is 2.56. The fourth-order valence-electron chi connectivity index (χ4n) is 3.42. The van der Waals surface area contributed by atoms with Crippen molar-refractivity contribution in [3.05, 3.63) is 95.6 Å². The van der Waals surface area contributed by atoms with Gasteiger partial charge in [0.05, 0.1) is 9.15 Å². The van der Waals surface area contributed by atoms with Crippen LogP contribution in [0.1, 0.15) is 16.7 Å². The van der Waals surface area contributed by atoms with E-state index in [1.807, 2.05) is 66.7 Å². The number of hydrogen-bond donors (Lipinski definition) is 2. The Balaban J connectivity index is 2.53. The number of aromatic hydroxyl groups is 2. The van der Waals surface area contributed by atoms with E-state index in [1.54, 1.807) is 6.07 Å². The first kappa shape index (κ1) is 20.9. The van der Waals surface area contributed by atoms with Crippen molar-refractivity contribution in [1.29, 1.82) is 0 Å². The average Bonchev–Trinajstić information content (AvgIpc) is 2.67. The molecule has 2 nitrogen and oxygen atoms in total. The highest BCUT2D eigenvalue weighted by molar-refractivity contribution is 9.30. The van der Waals surface area contributed by atoms with Crippen molar-refractivity contribution in [2.24, 2.45) is 0 Å². The molecule has 0 amide bonds. The summed E-state index contributed by atoms with van der Waals surface area (Å²) < 4.78 is -1.04. The Morgan fingerprint density at radius 3 is 1.59 bits per heavy atom. The van der Waals surface area contributed by atoms with Gasteiger partial charge in [0.1, 0.15) is 3.23 Å². The molecule has 6 heteroatoms. The molecule has 0 radical (unpaired) electrons. The molecule has 0 aliphatic heterocycles. The van der Waals surface area contributed by atoms with Gasteiger partial charge in [0.15, 0.2) is 11.5 Å². The van der Waals surface area contributed by atoms with E-state index in [-0.39, 0.29) is 15.2 Å². The Hall–Kier alpha value is -0.820. The van der Waals surface area contributed by atoms with Crippen LogP contribution >= 0.6 is 63.7 Å². The predicted octanol–water partition coefficient (Wildman–Crippen LogP) is 7.03. The quantitative estimate of drug-likeness (QED) is 0.183. The number of phenols is 2. The summed E-state index contributed by atoms with van der Waals surface area (Å²) in [5.41, 5.74) is 1.55. The minimum absolute atomic E-state index is 0.158. The topological polar surface area (TPSA) is 40.5 Å². The second kappa shape index (κ2) is 8.27. The molecule has 3 aromatic carbocycles. The van der Waals surface area contributed by atoms with Crippen LogP contribution in [-0.2, 0) is 5.41 Å². The van der Waals surface area contributed by atoms with Crippen molar-refractivity contribution in [1.82, 2.24) is 0 Å². The van der Waals surface area contributed by atoms with Crippen LogP contribution in [-0.4, -0.2) is 17.2 Å². The Kier molecular flexibility index (Phi) is 6.41. The van der Waals surface area contributed by atoms with Gasteiger partial charge < -0.3 is 10.2 Å². The molecule has 0 aliphatic carbocycles. The van der Waals surface area contributed by atoms with Gasteiger partial charge in [-0.05, 0) is 17.2 Å². The van der Waals surface area contributed by atoms with Crippen LogP contribution in [0.3, 0.4) is 0 Å². The second-order valence-electron chi connectivity index (χ2n) is 6.08. The maximum Gasteiger partial charge on any atom is 0.162 e. The largest absolute Gasteiger partial charge is 0.504 e. The van der Waals surface area contributed by atoms with E-state index in [1.165, 1.54) is 6.07 Å². The zero-order valence-corrected chi connectivity index (χ0v) is 20.3. The molecular weight excluding hydrogens is 604 g/mol. The van der Waals surface area contributed by atoms with E-state index in [9.17, 15) is 10.2 Å². The highest BCUT2D eigenvalue weighted by atomic mass is 79.9. The monoisotopic (exact) mass is 616 g/mol. The summed E-state index contributed by atoms with van der Waals surface area (Å²) in [7, 11) is 0. The summed E-state index contributed by atoms with van der Waals surface area (Å²) >= 11 is 15.0. The summed E-state index contributed by atoms with van der Waals surface area (Å²) in [5, 5.41) is 21.1. The Bertz CT molecular complexity index is 872. The summed E-state index contributed by atoms with van der Waals surface area (Å²) in [4.78, 5) is 0. The number of para-hydroxylation sites is 1. The third kappa shape index (κ3) is 3.50. The lowest BCUT2D eigenvalue weighted by Gasteiger charge is -2.46. The molecule has 0 bridgehead atoms. The average molecular weight is 620 g/mol. The zero-order chi connectivity index (χ0) is 19.7. The Labute approximate surface area is 192 Å². The van der Waals surface area contributed by atoms with Gasteiger partial charge in [-0.25, -0.2) is 0 Å². The van der Waals surface area contributed by atoms with Crippen molar-refractivity contribution < 1.29 is 10.2 Å². The lowest BCUT2D eigenvalue weighted by atomic mass is 9.67. The van der Waals surface area contributed by atoms with E-state index in [4.69, 9.17) is 0 Å². The normalized spacial score (nSPS) is 12.3. The summed E-state index contributed by atoms with van der Waals surface area (Å²) in [6, 6.07) is 24.8. The Morgan fingerprint density at radius 1 is 0.667 bits per heavy atom. The van der Waals surface area contributed by atoms with Gasteiger partial charge >= 0.3 is 0 Å². The first-order valence-corrected chi connectivity index (χ1v) is 11.5. The maximum atomic E-state index is 10.9. The van der Waals surface area contributed by atoms with E-state index in [0.29, 0.717) is 5.56 Å².